The lowest BCUT2D eigenvalue weighted by molar-refractivity contribution is -0.150. The summed E-state index contributed by atoms with van der Waals surface area (Å²) in [6, 6.07) is 0. The third-order valence-corrected chi connectivity index (χ3v) is 7.83. The van der Waals surface area contributed by atoms with Gasteiger partial charge in [-0.3, -0.25) is 9.59 Å². The van der Waals surface area contributed by atoms with Crippen LogP contribution in [0.3, 0.4) is 0 Å². The average molecular weight is 525 g/mol. The molecule has 1 atom stereocenters. The number of ether oxygens (including phenoxy) is 2. The Bertz CT molecular complexity index is 501. The van der Waals surface area contributed by atoms with Gasteiger partial charge in [0.2, 0.25) is 0 Å². The van der Waals surface area contributed by atoms with Crippen LogP contribution in [0.15, 0.2) is 0 Å². The fourth-order valence-corrected chi connectivity index (χ4v) is 4.98. The van der Waals surface area contributed by atoms with Crippen LogP contribution in [-0.2, 0) is 19.1 Å². The van der Waals surface area contributed by atoms with Gasteiger partial charge in [-0.25, -0.2) is 0 Å². The number of esters is 2. The van der Waals surface area contributed by atoms with Gasteiger partial charge in [0, 0.05) is 12.8 Å². The van der Waals surface area contributed by atoms with E-state index in [0.717, 1.165) is 70.1 Å². The van der Waals surface area contributed by atoms with Gasteiger partial charge < -0.3 is 9.47 Å². The average Bonchev–Trinajstić information content (AvgIpc) is 2.90. The van der Waals surface area contributed by atoms with E-state index in [0.29, 0.717) is 19.4 Å². The molecule has 0 fully saturated rings. The Morgan fingerprint density at radius 1 is 0.514 bits per heavy atom. The number of carbonyl (C=O) groups excluding carboxylic acids is 2. The summed E-state index contributed by atoms with van der Waals surface area (Å²) in [5, 5.41) is 0. The lowest BCUT2D eigenvalue weighted by Crippen LogP contribution is -2.18. The van der Waals surface area contributed by atoms with Gasteiger partial charge in [-0.05, 0) is 44.4 Å². The van der Waals surface area contributed by atoms with E-state index in [4.69, 9.17) is 9.47 Å². The first-order valence-electron chi connectivity index (χ1n) is 16.4. The predicted octanol–water partition coefficient (Wildman–Crippen LogP) is 10.5. The van der Waals surface area contributed by atoms with E-state index in [1.807, 2.05) is 0 Å². The van der Waals surface area contributed by atoms with Gasteiger partial charge in [0.1, 0.15) is 6.10 Å². The van der Waals surface area contributed by atoms with Gasteiger partial charge >= 0.3 is 11.9 Å². The third kappa shape index (κ3) is 25.0. The van der Waals surface area contributed by atoms with Crippen LogP contribution in [0.25, 0.3) is 0 Å². The highest BCUT2D eigenvalue weighted by Gasteiger charge is 2.14. The van der Waals surface area contributed by atoms with Crippen LogP contribution in [-0.4, -0.2) is 24.6 Å². The first kappa shape index (κ1) is 35.9. The molecule has 0 rings (SSSR count). The van der Waals surface area contributed by atoms with Gasteiger partial charge in [0.15, 0.2) is 0 Å². The Labute approximate surface area is 231 Å². The van der Waals surface area contributed by atoms with E-state index in [2.05, 4.69) is 27.7 Å². The van der Waals surface area contributed by atoms with Crippen molar-refractivity contribution in [3.8, 4) is 0 Å². The van der Waals surface area contributed by atoms with Crippen LogP contribution in [0.2, 0.25) is 0 Å². The molecule has 0 aliphatic rings. The molecule has 0 aliphatic carbocycles. The molecule has 0 amide bonds. The molecule has 1 unspecified atom stereocenters. The van der Waals surface area contributed by atoms with Crippen molar-refractivity contribution in [3.05, 3.63) is 0 Å². The van der Waals surface area contributed by atoms with Gasteiger partial charge in [0.05, 0.1) is 6.61 Å². The summed E-state index contributed by atoms with van der Waals surface area (Å²) < 4.78 is 11.1. The summed E-state index contributed by atoms with van der Waals surface area (Å²) in [7, 11) is 0. The molecule has 0 aliphatic heterocycles. The monoisotopic (exact) mass is 524 g/mol. The Kier molecular flexibility index (Phi) is 27.2. The first-order chi connectivity index (χ1) is 18.1. The molecule has 0 saturated carbocycles. The van der Waals surface area contributed by atoms with Gasteiger partial charge in [-0.1, -0.05) is 130 Å². The molecule has 0 saturated heterocycles. The number of rotatable bonds is 28. The zero-order chi connectivity index (χ0) is 27.4. The molecule has 220 valence electrons. The predicted molar refractivity (Wildman–Crippen MR) is 158 cm³/mol. The third-order valence-electron chi connectivity index (χ3n) is 7.83. The molecule has 0 aromatic heterocycles. The Hall–Kier alpha value is -1.06. The molecule has 4 nitrogen and oxygen atoms in total. The van der Waals surface area contributed by atoms with Crippen LogP contribution >= 0.6 is 0 Å². The van der Waals surface area contributed by atoms with Crippen LogP contribution in [0.1, 0.15) is 182 Å². The number of unbranched alkanes of at least 4 members (excludes halogenated alkanes) is 15. The Morgan fingerprint density at radius 2 is 0.973 bits per heavy atom. The fourth-order valence-electron chi connectivity index (χ4n) is 4.98. The van der Waals surface area contributed by atoms with E-state index in [9.17, 15) is 9.59 Å². The van der Waals surface area contributed by atoms with Crippen molar-refractivity contribution in [2.24, 2.45) is 5.92 Å². The summed E-state index contributed by atoms with van der Waals surface area (Å²) in [5.74, 6) is 0.686. The molecule has 0 radical (unpaired) electrons. The fraction of sp³-hybridized carbons (Fsp3) is 0.939. The van der Waals surface area contributed by atoms with Gasteiger partial charge in [-0.2, -0.15) is 0 Å². The van der Waals surface area contributed by atoms with Gasteiger partial charge in [0.25, 0.3) is 0 Å². The lowest BCUT2D eigenvalue weighted by atomic mass is 9.95. The minimum Gasteiger partial charge on any atom is -0.466 e. The van der Waals surface area contributed by atoms with Crippen molar-refractivity contribution in [1.82, 2.24) is 0 Å². The highest BCUT2D eigenvalue weighted by atomic mass is 16.5. The highest BCUT2D eigenvalue weighted by Crippen LogP contribution is 2.19. The summed E-state index contributed by atoms with van der Waals surface area (Å²) in [6.07, 6.45) is 27.2. The zero-order valence-corrected chi connectivity index (χ0v) is 25.5. The van der Waals surface area contributed by atoms with E-state index in [1.165, 1.54) is 77.0 Å². The molecule has 0 aromatic carbocycles. The minimum absolute atomic E-state index is 0.0306. The van der Waals surface area contributed by atoms with Crippen molar-refractivity contribution in [3.63, 3.8) is 0 Å². The van der Waals surface area contributed by atoms with E-state index < -0.39 is 0 Å². The Morgan fingerprint density at radius 3 is 1.46 bits per heavy atom. The SMILES string of the molecule is CCCCCCCCCCCCCOC(=O)CCCCCCCCC(=O)OC(CC)CCC(CC)CC. The largest absolute Gasteiger partial charge is 0.466 e. The topological polar surface area (TPSA) is 52.6 Å². The molecule has 0 bridgehead atoms. The Balaban J connectivity index is 3.46. The molecule has 37 heavy (non-hydrogen) atoms. The van der Waals surface area contributed by atoms with Crippen LogP contribution in [0.4, 0.5) is 0 Å². The van der Waals surface area contributed by atoms with Crippen LogP contribution < -0.4 is 0 Å². The maximum Gasteiger partial charge on any atom is 0.306 e. The van der Waals surface area contributed by atoms with E-state index >= 15 is 0 Å². The summed E-state index contributed by atoms with van der Waals surface area (Å²) >= 11 is 0. The smallest absolute Gasteiger partial charge is 0.306 e. The number of hydrogen-bond donors (Lipinski definition) is 0. The zero-order valence-electron chi connectivity index (χ0n) is 25.5. The molecule has 0 heterocycles. The number of carbonyl (C=O) groups is 2. The van der Waals surface area contributed by atoms with Crippen molar-refractivity contribution < 1.29 is 19.1 Å². The summed E-state index contributed by atoms with van der Waals surface area (Å²) in [4.78, 5) is 24.1. The number of hydrogen-bond acceptors (Lipinski definition) is 4. The van der Waals surface area contributed by atoms with Crippen LogP contribution in [0, 0.1) is 5.92 Å². The van der Waals surface area contributed by atoms with Crippen molar-refractivity contribution in [2.75, 3.05) is 6.61 Å². The molecular formula is C33H64O4. The lowest BCUT2D eigenvalue weighted by Gasteiger charge is -2.19. The first-order valence-corrected chi connectivity index (χ1v) is 16.4. The molecule has 0 N–H and O–H groups in total. The second kappa shape index (κ2) is 28.0. The van der Waals surface area contributed by atoms with E-state index in [-0.39, 0.29) is 18.0 Å². The minimum atomic E-state index is -0.0375. The second-order valence-electron chi connectivity index (χ2n) is 11.2. The van der Waals surface area contributed by atoms with Crippen LogP contribution in [0.5, 0.6) is 0 Å². The van der Waals surface area contributed by atoms with Crippen molar-refractivity contribution in [1.29, 1.82) is 0 Å². The van der Waals surface area contributed by atoms with Crippen molar-refractivity contribution >= 4 is 11.9 Å². The maximum atomic E-state index is 12.2. The van der Waals surface area contributed by atoms with Crippen molar-refractivity contribution in [2.45, 2.75) is 188 Å². The molecule has 4 heteroatoms. The normalized spacial score (nSPS) is 12.1. The highest BCUT2D eigenvalue weighted by molar-refractivity contribution is 5.69. The maximum absolute atomic E-state index is 12.2. The van der Waals surface area contributed by atoms with Gasteiger partial charge in [-0.15, -0.1) is 0 Å². The molecule has 0 aromatic rings. The van der Waals surface area contributed by atoms with E-state index in [1.54, 1.807) is 0 Å². The quantitative estimate of drug-likeness (QED) is 0.0754. The second-order valence-corrected chi connectivity index (χ2v) is 11.2. The molecule has 0 spiro atoms. The summed E-state index contributed by atoms with van der Waals surface area (Å²) in [6.45, 7) is 9.45. The standard InChI is InChI=1S/C33H64O4/c1-5-9-10-11-12-13-14-15-18-21-24-29-36-32(34)25-22-19-16-17-20-23-26-33(35)37-31(8-4)28-27-30(6-2)7-3/h30-31H,5-29H2,1-4H3. The summed E-state index contributed by atoms with van der Waals surface area (Å²) in [5.41, 5.74) is 0. The molecular weight excluding hydrogens is 460 g/mol.